The predicted molar refractivity (Wildman–Crippen MR) is 105 cm³/mol. The third-order valence-corrected chi connectivity index (χ3v) is 5.66. The molecule has 2 N–H and O–H groups in total. The van der Waals surface area contributed by atoms with Crippen molar-refractivity contribution in [2.75, 3.05) is 19.6 Å². The van der Waals surface area contributed by atoms with Gasteiger partial charge in [0, 0.05) is 24.6 Å². The van der Waals surface area contributed by atoms with Crippen LogP contribution in [0.2, 0.25) is 0 Å². The molecule has 2 aliphatic rings. The molecule has 1 aromatic rings. The van der Waals surface area contributed by atoms with Crippen LogP contribution in [0.1, 0.15) is 63.0 Å². The summed E-state index contributed by atoms with van der Waals surface area (Å²) in [6, 6.07) is 3.68. The minimum Gasteiger partial charge on any atom is -0.507 e. The number of aromatic hydroxyl groups is 1. The summed E-state index contributed by atoms with van der Waals surface area (Å²) >= 11 is 0. The number of benzene rings is 1. The summed E-state index contributed by atoms with van der Waals surface area (Å²) in [6.07, 6.45) is 7.18. The number of rotatable bonds is 5. The number of allylic oxidation sites excluding steroid dienone is 2. The average molecular weight is 373 g/mol. The van der Waals surface area contributed by atoms with Gasteiger partial charge in [-0.1, -0.05) is 18.6 Å². The number of likely N-dealkylation sites (tertiary alicyclic amines) is 1. The molecule has 1 unspecified atom stereocenters. The number of hydrogen-bond acceptors (Lipinski definition) is 5. The molecule has 0 spiro atoms. The number of phenolic OH excluding ortho intramolecular Hbond substituents is 1. The van der Waals surface area contributed by atoms with Crippen LogP contribution in [0.3, 0.4) is 0 Å². The molecule has 0 amide bonds. The number of esters is 1. The third kappa shape index (κ3) is 5.11. The van der Waals surface area contributed by atoms with E-state index in [9.17, 15) is 15.0 Å². The van der Waals surface area contributed by atoms with E-state index in [-0.39, 0.29) is 30.3 Å². The van der Waals surface area contributed by atoms with Crippen LogP contribution in [0, 0.1) is 0 Å². The van der Waals surface area contributed by atoms with Crippen LogP contribution >= 0.6 is 0 Å². The molecule has 1 fully saturated rings. The van der Waals surface area contributed by atoms with Crippen LogP contribution in [0.15, 0.2) is 23.8 Å². The van der Waals surface area contributed by atoms with Gasteiger partial charge in [0.2, 0.25) is 0 Å². The average Bonchev–Trinajstić information content (AvgIpc) is 2.63. The zero-order valence-corrected chi connectivity index (χ0v) is 16.4. The SMILES string of the molecule is CCc1cc(O)c(C2C=C(C)CCC2)c(OC(=O)CN2CCC(O)CC2)c1. The molecular formula is C22H31NO4. The number of aliphatic hydroxyl groups excluding tert-OH is 1. The van der Waals surface area contributed by atoms with Crippen molar-refractivity contribution in [2.45, 2.75) is 64.4 Å². The Morgan fingerprint density at radius 3 is 2.67 bits per heavy atom. The van der Waals surface area contributed by atoms with Gasteiger partial charge in [-0.3, -0.25) is 9.69 Å². The van der Waals surface area contributed by atoms with Gasteiger partial charge in [-0.05, 0) is 63.1 Å². The fourth-order valence-corrected chi connectivity index (χ4v) is 4.08. The molecule has 3 rings (SSSR count). The number of hydrogen-bond donors (Lipinski definition) is 2. The molecule has 148 valence electrons. The number of aryl methyl sites for hydroxylation is 1. The Hall–Kier alpha value is -1.85. The van der Waals surface area contributed by atoms with E-state index in [1.165, 1.54) is 5.57 Å². The predicted octanol–water partition coefficient (Wildman–Crippen LogP) is 3.53. The lowest BCUT2D eigenvalue weighted by atomic mass is 9.84. The van der Waals surface area contributed by atoms with Crippen LogP contribution in [-0.4, -0.2) is 46.8 Å². The first kappa shape index (κ1) is 19.9. The van der Waals surface area contributed by atoms with Gasteiger partial charge in [-0.15, -0.1) is 0 Å². The second-order valence-corrected chi connectivity index (χ2v) is 7.87. The molecular weight excluding hydrogens is 342 g/mol. The number of aliphatic hydroxyl groups is 1. The highest BCUT2D eigenvalue weighted by Gasteiger charge is 2.25. The van der Waals surface area contributed by atoms with Crippen molar-refractivity contribution in [2.24, 2.45) is 0 Å². The first-order valence-corrected chi connectivity index (χ1v) is 10.1. The van der Waals surface area contributed by atoms with Gasteiger partial charge in [-0.2, -0.15) is 0 Å². The molecule has 0 aromatic heterocycles. The van der Waals surface area contributed by atoms with Crippen LogP contribution in [0.5, 0.6) is 11.5 Å². The molecule has 1 atom stereocenters. The zero-order valence-electron chi connectivity index (χ0n) is 16.4. The van der Waals surface area contributed by atoms with Gasteiger partial charge in [-0.25, -0.2) is 0 Å². The maximum atomic E-state index is 12.5. The summed E-state index contributed by atoms with van der Waals surface area (Å²) in [4.78, 5) is 14.6. The number of nitrogens with zero attached hydrogens (tertiary/aromatic N) is 1. The molecule has 27 heavy (non-hydrogen) atoms. The Bertz CT molecular complexity index is 705. The second-order valence-electron chi connectivity index (χ2n) is 7.87. The Balaban J connectivity index is 1.79. The second kappa shape index (κ2) is 8.89. The minimum absolute atomic E-state index is 0.0811. The lowest BCUT2D eigenvalue weighted by Crippen LogP contribution is -2.40. The maximum Gasteiger partial charge on any atom is 0.325 e. The first-order valence-electron chi connectivity index (χ1n) is 10.1. The number of ether oxygens (including phenoxy) is 1. The van der Waals surface area contributed by atoms with E-state index in [0.29, 0.717) is 31.7 Å². The standard InChI is InChI=1S/C22H31NO4/c1-3-16-12-19(25)22(17-6-4-5-15(2)11-17)20(13-16)27-21(26)14-23-9-7-18(24)8-10-23/h11-13,17-18,24-25H,3-10,14H2,1-2H3. The highest BCUT2D eigenvalue weighted by molar-refractivity contribution is 5.75. The zero-order chi connectivity index (χ0) is 19.4. The van der Waals surface area contributed by atoms with Crippen LogP contribution in [0.25, 0.3) is 0 Å². The maximum absolute atomic E-state index is 12.5. The van der Waals surface area contributed by atoms with E-state index in [4.69, 9.17) is 4.74 Å². The van der Waals surface area contributed by atoms with Crippen molar-refractivity contribution in [1.82, 2.24) is 4.90 Å². The molecule has 1 aliphatic carbocycles. The molecule has 0 radical (unpaired) electrons. The molecule has 0 saturated carbocycles. The molecule has 1 aliphatic heterocycles. The lowest BCUT2D eigenvalue weighted by molar-refractivity contribution is -0.136. The quantitative estimate of drug-likeness (QED) is 0.469. The van der Waals surface area contributed by atoms with E-state index >= 15 is 0 Å². The van der Waals surface area contributed by atoms with E-state index < -0.39 is 0 Å². The van der Waals surface area contributed by atoms with Gasteiger partial charge >= 0.3 is 5.97 Å². The summed E-state index contributed by atoms with van der Waals surface area (Å²) in [5, 5.41) is 20.3. The largest absolute Gasteiger partial charge is 0.507 e. The summed E-state index contributed by atoms with van der Waals surface area (Å²) in [5.41, 5.74) is 3.00. The Labute approximate surface area is 161 Å². The number of carbonyl (C=O) groups is 1. The molecule has 0 bridgehead atoms. The number of piperidine rings is 1. The molecule has 1 saturated heterocycles. The summed E-state index contributed by atoms with van der Waals surface area (Å²) < 4.78 is 5.75. The van der Waals surface area contributed by atoms with E-state index in [2.05, 4.69) is 13.0 Å². The van der Waals surface area contributed by atoms with Crippen LogP contribution in [0.4, 0.5) is 0 Å². The summed E-state index contributed by atoms with van der Waals surface area (Å²) in [6.45, 7) is 5.74. The van der Waals surface area contributed by atoms with Crippen molar-refractivity contribution >= 4 is 5.97 Å². The van der Waals surface area contributed by atoms with Crippen LogP contribution < -0.4 is 4.74 Å². The molecule has 1 aromatic carbocycles. The molecule has 5 heteroatoms. The normalized spacial score (nSPS) is 21.7. The topological polar surface area (TPSA) is 70.0 Å². The van der Waals surface area contributed by atoms with Crippen molar-refractivity contribution in [3.63, 3.8) is 0 Å². The fraction of sp³-hybridized carbons (Fsp3) is 0.591. The number of carbonyl (C=O) groups excluding carboxylic acids is 1. The smallest absolute Gasteiger partial charge is 0.325 e. The summed E-state index contributed by atoms with van der Waals surface area (Å²) in [7, 11) is 0. The fourth-order valence-electron chi connectivity index (χ4n) is 4.08. The minimum atomic E-state index is -0.309. The first-order chi connectivity index (χ1) is 13.0. The van der Waals surface area contributed by atoms with Gasteiger partial charge in [0.05, 0.1) is 12.6 Å². The van der Waals surface area contributed by atoms with Crippen LogP contribution in [-0.2, 0) is 11.2 Å². The lowest BCUT2D eigenvalue weighted by Gasteiger charge is -2.28. The highest BCUT2D eigenvalue weighted by atomic mass is 16.5. The van der Waals surface area contributed by atoms with E-state index in [0.717, 1.165) is 36.8 Å². The van der Waals surface area contributed by atoms with E-state index in [1.54, 1.807) is 6.07 Å². The molecule has 5 nitrogen and oxygen atoms in total. The Morgan fingerprint density at radius 1 is 1.26 bits per heavy atom. The van der Waals surface area contributed by atoms with Gasteiger partial charge in [0.1, 0.15) is 11.5 Å². The van der Waals surface area contributed by atoms with Gasteiger partial charge in [0.25, 0.3) is 0 Å². The Morgan fingerprint density at radius 2 is 2.00 bits per heavy atom. The van der Waals surface area contributed by atoms with Crippen molar-refractivity contribution < 1.29 is 19.7 Å². The summed E-state index contributed by atoms with van der Waals surface area (Å²) in [5.74, 6) is 0.480. The van der Waals surface area contributed by atoms with Crippen molar-refractivity contribution in [3.05, 3.63) is 34.9 Å². The number of phenols is 1. The van der Waals surface area contributed by atoms with Gasteiger partial charge in [0.15, 0.2) is 0 Å². The monoisotopic (exact) mass is 373 g/mol. The van der Waals surface area contributed by atoms with E-state index in [1.807, 2.05) is 17.9 Å². The third-order valence-electron chi connectivity index (χ3n) is 5.66. The Kier molecular flexibility index (Phi) is 6.55. The highest BCUT2D eigenvalue weighted by Crippen LogP contribution is 2.42. The van der Waals surface area contributed by atoms with Crippen molar-refractivity contribution in [3.8, 4) is 11.5 Å². The van der Waals surface area contributed by atoms with Crippen molar-refractivity contribution in [1.29, 1.82) is 0 Å². The van der Waals surface area contributed by atoms with Gasteiger partial charge < -0.3 is 14.9 Å². The molecule has 1 heterocycles.